The molecule has 0 saturated heterocycles. The molecule has 1 aromatic heterocycles. The Bertz CT molecular complexity index is 588. The first-order chi connectivity index (χ1) is 8.55. The Hall–Kier alpha value is -1.08. The van der Waals surface area contributed by atoms with Crippen molar-refractivity contribution in [2.24, 2.45) is 5.92 Å². The van der Waals surface area contributed by atoms with E-state index in [0.717, 1.165) is 17.6 Å². The molecule has 0 aliphatic carbocycles. The van der Waals surface area contributed by atoms with Gasteiger partial charge in [-0.3, -0.25) is 4.79 Å². The average Bonchev–Trinajstić information content (AvgIpc) is 2.54. The van der Waals surface area contributed by atoms with Gasteiger partial charge in [0.25, 0.3) is 0 Å². The summed E-state index contributed by atoms with van der Waals surface area (Å²) in [4.78, 5) is 13.7. The molecule has 7 heteroatoms. The second kappa shape index (κ2) is 5.50. The van der Waals surface area contributed by atoms with E-state index in [0.29, 0.717) is 22.3 Å². The first-order valence-corrected chi connectivity index (χ1v) is 8.60. The summed E-state index contributed by atoms with van der Waals surface area (Å²) in [5.41, 5.74) is 5.92. The van der Waals surface area contributed by atoms with Crippen LogP contribution < -0.4 is 10.6 Å². The fraction of sp³-hybridized carbons (Fsp3) is 0.583. The number of thiophene rings is 1. The second-order valence-corrected chi connectivity index (χ2v) is 8.03. The summed E-state index contributed by atoms with van der Waals surface area (Å²) in [5, 5.41) is 0.541. The first-order valence-electron chi connectivity index (χ1n) is 5.90. The van der Waals surface area contributed by atoms with Crippen molar-refractivity contribution >= 4 is 37.6 Å². The Balaban J connectivity index is 3.46. The Morgan fingerprint density at radius 3 is 2.32 bits per heavy atom. The molecule has 0 unspecified atom stereocenters. The molecule has 0 aliphatic rings. The molecule has 2 N–H and O–H groups in total. The Kier molecular flexibility index (Phi) is 4.63. The highest BCUT2D eigenvalue weighted by molar-refractivity contribution is 7.91. The van der Waals surface area contributed by atoms with Crippen LogP contribution in [-0.4, -0.2) is 34.0 Å². The van der Waals surface area contributed by atoms with Gasteiger partial charge >= 0.3 is 0 Å². The zero-order valence-electron chi connectivity index (χ0n) is 11.9. The molecule has 0 amide bonds. The van der Waals surface area contributed by atoms with Crippen molar-refractivity contribution in [1.29, 1.82) is 0 Å². The smallest absolute Gasteiger partial charge is 0.180 e. The molecular weight excluding hydrogens is 284 g/mol. The summed E-state index contributed by atoms with van der Waals surface area (Å²) in [6.07, 6.45) is 1.11. The van der Waals surface area contributed by atoms with Crippen molar-refractivity contribution in [3.8, 4) is 0 Å². The maximum Gasteiger partial charge on any atom is 0.180 e. The van der Waals surface area contributed by atoms with Gasteiger partial charge in [0.2, 0.25) is 0 Å². The van der Waals surface area contributed by atoms with Crippen LogP contribution in [0.3, 0.4) is 0 Å². The molecule has 0 fully saturated rings. The summed E-state index contributed by atoms with van der Waals surface area (Å²) in [6.45, 7) is 6.17. The third-order valence-electron chi connectivity index (χ3n) is 2.56. The maximum absolute atomic E-state index is 11.9. The molecule has 1 heterocycles. The van der Waals surface area contributed by atoms with Crippen LogP contribution >= 0.6 is 11.3 Å². The highest BCUT2D eigenvalue weighted by Gasteiger charge is 2.27. The molecule has 0 radical (unpaired) electrons. The third kappa shape index (κ3) is 3.48. The number of carbonyl (C=O) groups is 1. The maximum atomic E-state index is 11.9. The molecule has 19 heavy (non-hydrogen) atoms. The topological polar surface area (TPSA) is 80.5 Å². The number of nitrogens with two attached hydrogens (primary N) is 1. The van der Waals surface area contributed by atoms with E-state index in [1.54, 1.807) is 0 Å². The number of nitrogen functional groups attached to an aromatic ring is 1. The van der Waals surface area contributed by atoms with Gasteiger partial charge in [-0.2, -0.15) is 0 Å². The standard InChI is InChI=1S/C12H20N2O3S2/c1-7(2)6-14(4)12-11(19(5,16)17)9(13)10(18-12)8(3)15/h7H,6,13H2,1-5H3. The van der Waals surface area contributed by atoms with Gasteiger partial charge < -0.3 is 10.6 Å². The van der Waals surface area contributed by atoms with Crippen LogP contribution in [-0.2, 0) is 9.84 Å². The summed E-state index contributed by atoms with van der Waals surface area (Å²) in [7, 11) is -1.66. The lowest BCUT2D eigenvalue weighted by atomic mass is 10.2. The number of sulfone groups is 1. The number of anilines is 2. The van der Waals surface area contributed by atoms with E-state index in [4.69, 9.17) is 5.73 Å². The molecule has 0 saturated carbocycles. The van der Waals surface area contributed by atoms with E-state index >= 15 is 0 Å². The number of carbonyl (C=O) groups excluding carboxylic acids is 1. The normalized spacial score (nSPS) is 11.9. The molecule has 0 bridgehead atoms. The summed E-state index contributed by atoms with van der Waals surface area (Å²) < 4.78 is 23.8. The fourth-order valence-electron chi connectivity index (χ4n) is 1.92. The van der Waals surface area contributed by atoms with Crippen molar-refractivity contribution in [1.82, 2.24) is 0 Å². The van der Waals surface area contributed by atoms with Gasteiger partial charge in [0.05, 0.1) is 10.6 Å². The molecule has 0 spiro atoms. The molecule has 0 aliphatic heterocycles. The summed E-state index contributed by atoms with van der Waals surface area (Å²) >= 11 is 1.14. The number of hydrogen-bond acceptors (Lipinski definition) is 6. The van der Waals surface area contributed by atoms with Gasteiger partial charge in [-0.25, -0.2) is 8.42 Å². The second-order valence-electron chi connectivity index (χ2n) is 5.08. The van der Waals surface area contributed by atoms with Crippen LogP contribution in [0.2, 0.25) is 0 Å². The van der Waals surface area contributed by atoms with E-state index in [-0.39, 0.29) is 16.4 Å². The highest BCUT2D eigenvalue weighted by Crippen LogP contribution is 2.41. The summed E-state index contributed by atoms with van der Waals surface area (Å²) in [6, 6.07) is 0. The number of rotatable bonds is 5. The lowest BCUT2D eigenvalue weighted by Gasteiger charge is -2.20. The van der Waals surface area contributed by atoms with E-state index in [1.165, 1.54) is 6.92 Å². The minimum Gasteiger partial charge on any atom is -0.396 e. The number of hydrogen-bond donors (Lipinski definition) is 1. The van der Waals surface area contributed by atoms with Crippen LogP contribution in [0.4, 0.5) is 10.7 Å². The van der Waals surface area contributed by atoms with Crippen molar-refractivity contribution < 1.29 is 13.2 Å². The van der Waals surface area contributed by atoms with Gasteiger partial charge in [0.1, 0.15) is 9.90 Å². The lowest BCUT2D eigenvalue weighted by molar-refractivity contribution is 0.102. The van der Waals surface area contributed by atoms with Crippen LogP contribution in [0.25, 0.3) is 0 Å². The van der Waals surface area contributed by atoms with Crippen molar-refractivity contribution in [2.75, 3.05) is 30.5 Å². The highest BCUT2D eigenvalue weighted by atomic mass is 32.2. The van der Waals surface area contributed by atoms with Crippen molar-refractivity contribution in [2.45, 2.75) is 25.7 Å². The molecule has 5 nitrogen and oxygen atoms in total. The number of ketones is 1. The van der Waals surface area contributed by atoms with E-state index in [9.17, 15) is 13.2 Å². The first kappa shape index (κ1) is 16.0. The van der Waals surface area contributed by atoms with Crippen molar-refractivity contribution in [3.05, 3.63) is 4.88 Å². The van der Waals surface area contributed by atoms with Crippen molar-refractivity contribution in [3.63, 3.8) is 0 Å². The van der Waals surface area contributed by atoms with Crippen LogP contribution in [0, 0.1) is 5.92 Å². The molecule has 108 valence electrons. The molecule has 0 atom stereocenters. The minimum absolute atomic E-state index is 0.0746. The van der Waals surface area contributed by atoms with Gasteiger partial charge in [-0.05, 0) is 5.92 Å². The molecule has 1 aromatic rings. The molecule has 1 rings (SSSR count). The minimum atomic E-state index is -3.47. The lowest BCUT2D eigenvalue weighted by Crippen LogP contribution is -2.23. The van der Waals surface area contributed by atoms with Gasteiger partial charge in [0.15, 0.2) is 15.6 Å². The van der Waals surface area contributed by atoms with Gasteiger partial charge in [0, 0.05) is 26.8 Å². The largest absolute Gasteiger partial charge is 0.396 e. The SMILES string of the molecule is CC(=O)c1sc(N(C)CC(C)C)c(S(C)(=O)=O)c1N. The zero-order chi connectivity index (χ0) is 15.0. The van der Waals surface area contributed by atoms with Crippen LogP contribution in [0.15, 0.2) is 4.90 Å². The van der Waals surface area contributed by atoms with Gasteiger partial charge in [-0.1, -0.05) is 13.8 Å². The third-order valence-corrected chi connectivity index (χ3v) is 5.26. The number of nitrogens with zero attached hydrogens (tertiary/aromatic N) is 1. The zero-order valence-corrected chi connectivity index (χ0v) is 13.5. The van der Waals surface area contributed by atoms with Crippen LogP contribution in [0.1, 0.15) is 30.4 Å². The Morgan fingerprint density at radius 1 is 1.42 bits per heavy atom. The van der Waals surface area contributed by atoms with E-state index in [2.05, 4.69) is 0 Å². The Morgan fingerprint density at radius 2 is 1.95 bits per heavy atom. The predicted molar refractivity (Wildman–Crippen MR) is 80.0 cm³/mol. The molecule has 0 aromatic carbocycles. The van der Waals surface area contributed by atoms with E-state index < -0.39 is 9.84 Å². The number of Topliss-reactive ketones (excluding diaryl/α,β-unsaturated/α-hetero) is 1. The monoisotopic (exact) mass is 304 g/mol. The van der Waals surface area contributed by atoms with E-state index in [1.807, 2.05) is 25.8 Å². The van der Waals surface area contributed by atoms with Gasteiger partial charge in [-0.15, -0.1) is 11.3 Å². The predicted octanol–water partition coefficient (Wildman–Crippen LogP) is 2.03. The summed E-state index contributed by atoms with van der Waals surface area (Å²) in [5.74, 6) is 0.165. The fourth-order valence-corrected chi connectivity index (χ4v) is 4.52. The quantitative estimate of drug-likeness (QED) is 0.842. The van der Waals surface area contributed by atoms with Crippen LogP contribution in [0.5, 0.6) is 0 Å². The Labute approximate surface area is 118 Å². The average molecular weight is 304 g/mol. The molecular formula is C12H20N2O3S2.